The monoisotopic (exact) mass is 230 g/mol. The highest BCUT2D eigenvalue weighted by molar-refractivity contribution is 7.98. The van der Waals surface area contributed by atoms with Gasteiger partial charge in [0.15, 0.2) is 0 Å². The SMILES string of the molecule is CCC1CCCC1(CN)N(C)CCSC. The zero-order chi connectivity index (χ0) is 11.3. The lowest BCUT2D eigenvalue weighted by molar-refractivity contribution is 0.0884. The quantitative estimate of drug-likeness (QED) is 0.758. The number of nitrogens with zero attached hydrogens (tertiary/aromatic N) is 1. The summed E-state index contributed by atoms with van der Waals surface area (Å²) in [6.45, 7) is 4.31. The molecule has 0 amide bonds. The number of thioether (sulfide) groups is 1. The fourth-order valence-electron chi connectivity index (χ4n) is 3.09. The molecule has 1 rings (SSSR count). The molecule has 0 aromatic heterocycles. The van der Waals surface area contributed by atoms with E-state index in [0.717, 1.165) is 12.5 Å². The molecule has 0 heterocycles. The molecule has 90 valence electrons. The summed E-state index contributed by atoms with van der Waals surface area (Å²) in [5.74, 6) is 2.03. The number of hydrogen-bond donors (Lipinski definition) is 1. The lowest BCUT2D eigenvalue weighted by atomic mass is 9.83. The van der Waals surface area contributed by atoms with E-state index in [9.17, 15) is 0 Å². The van der Waals surface area contributed by atoms with Gasteiger partial charge in [-0.05, 0) is 32.1 Å². The first-order chi connectivity index (χ1) is 7.21. The minimum absolute atomic E-state index is 0.310. The maximum absolute atomic E-state index is 6.06. The highest BCUT2D eigenvalue weighted by Crippen LogP contribution is 2.40. The van der Waals surface area contributed by atoms with E-state index in [1.165, 1.54) is 38.0 Å². The molecular weight excluding hydrogens is 204 g/mol. The lowest BCUT2D eigenvalue weighted by Crippen LogP contribution is -2.55. The molecule has 1 aliphatic carbocycles. The van der Waals surface area contributed by atoms with Gasteiger partial charge in [-0.15, -0.1) is 0 Å². The molecule has 0 radical (unpaired) electrons. The van der Waals surface area contributed by atoms with Crippen molar-refractivity contribution >= 4 is 11.8 Å². The van der Waals surface area contributed by atoms with E-state index >= 15 is 0 Å². The Balaban J connectivity index is 2.65. The van der Waals surface area contributed by atoms with Crippen LogP contribution in [0.3, 0.4) is 0 Å². The molecular formula is C12H26N2S. The van der Waals surface area contributed by atoms with Crippen LogP contribution in [0, 0.1) is 5.92 Å². The summed E-state index contributed by atoms with van der Waals surface area (Å²) in [6.07, 6.45) is 7.49. The lowest BCUT2D eigenvalue weighted by Gasteiger charge is -2.42. The topological polar surface area (TPSA) is 29.3 Å². The van der Waals surface area contributed by atoms with E-state index in [-0.39, 0.29) is 0 Å². The van der Waals surface area contributed by atoms with E-state index < -0.39 is 0 Å². The first-order valence-electron chi connectivity index (χ1n) is 6.11. The van der Waals surface area contributed by atoms with Crippen molar-refractivity contribution in [2.45, 2.75) is 38.1 Å². The minimum Gasteiger partial charge on any atom is -0.329 e. The summed E-state index contributed by atoms with van der Waals surface area (Å²) < 4.78 is 0. The van der Waals surface area contributed by atoms with Gasteiger partial charge in [0.1, 0.15) is 0 Å². The second-order valence-electron chi connectivity index (χ2n) is 4.72. The first kappa shape index (κ1) is 13.3. The van der Waals surface area contributed by atoms with Crippen LogP contribution in [0.25, 0.3) is 0 Å². The Bertz CT molecular complexity index is 186. The normalized spacial score (nSPS) is 31.4. The Kier molecular flexibility index (Phi) is 5.44. The van der Waals surface area contributed by atoms with Crippen LogP contribution in [0.1, 0.15) is 32.6 Å². The van der Waals surface area contributed by atoms with Crippen molar-refractivity contribution in [3.05, 3.63) is 0 Å². The first-order valence-corrected chi connectivity index (χ1v) is 7.51. The molecule has 0 aromatic rings. The molecule has 0 aromatic carbocycles. The molecule has 3 heteroatoms. The van der Waals surface area contributed by atoms with Crippen LogP contribution in [-0.4, -0.2) is 42.6 Å². The molecule has 1 saturated carbocycles. The number of rotatable bonds is 6. The highest BCUT2D eigenvalue weighted by Gasteiger charge is 2.43. The zero-order valence-electron chi connectivity index (χ0n) is 10.5. The fourth-order valence-corrected chi connectivity index (χ4v) is 3.55. The molecule has 2 nitrogen and oxygen atoms in total. The van der Waals surface area contributed by atoms with Crippen LogP contribution in [0.4, 0.5) is 0 Å². The minimum atomic E-state index is 0.310. The fraction of sp³-hybridized carbons (Fsp3) is 1.00. The maximum atomic E-state index is 6.06. The number of nitrogens with two attached hydrogens (primary N) is 1. The second kappa shape index (κ2) is 6.12. The van der Waals surface area contributed by atoms with Gasteiger partial charge in [-0.2, -0.15) is 11.8 Å². The summed E-state index contributed by atoms with van der Waals surface area (Å²) in [4.78, 5) is 2.53. The van der Waals surface area contributed by atoms with Crippen LogP contribution in [0.5, 0.6) is 0 Å². The van der Waals surface area contributed by atoms with E-state index in [4.69, 9.17) is 5.73 Å². The Morgan fingerprint density at radius 2 is 2.27 bits per heavy atom. The third-order valence-corrected chi connectivity index (χ3v) is 4.75. The van der Waals surface area contributed by atoms with Crippen molar-refractivity contribution in [2.24, 2.45) is 11.7 Å². The van der Waals surface area contributed by atoms with Crippen molar-refractivity contribution in [3.63, 3.8) is 0 Å². The van der Waals surface area contributed by atoms with Gasteiger partial charge in [-0.25, -0.2) is 0 Å². The summed E-state index contributed by atoms with van der Waals surface area (Å²) >= 11 is 1.92. The summed E-state index contributed by atoms with van der Waals surface area (Å²) in [5.41, 5.74) is 6.37. The molecule has 0 spiro atoms. The molecule has 2 atom stereocenters. The Morgan fingerprint density at radius 1 is 1.53 bits per heavy atom. The summed E-state index contributed by atoms with van der Waals surface area (Å²) in [6, 6.07) is 0. The number of likely N-dealkylation sites (N-methyl/N-ethyl adjacent to an activating group) is 1. The maximum Gasteiger partial charge on any atom is 0.0357 e. The Morgan fingerprint density at radius 3 is 2.80 bits per heavy atom. The van der Waals surface area contributed by atoms with E-state index in [0.29, 0.717) is 5.54 Å². The van der Waals surface area contributed by atoms with Gasteiger partial charge in [0.25, 0.3) is 0 Å². The predicted octanol–water partition coefficient (Wildman–Crippen LogP) is 2.19. The molecule has 1 aliphatic rings. The third kappa shape index (κ3) is 2.69. The Hall–Kier alpha value is 0.270. The van der Waals surface area contributed by atoms with Crippen molar-refractivity contribution < 1.29 is 0 Å². The molecule has 1 fully saturated rings. The van der Waals surface area contributed by atoms with Gasteiger partial charge < -0.3 is 5.73 Å². The zero-order valence-corrected chi connectivity index (χ0v) is 11.3. The van der Waals surface area contributed by atoms with Crippen LogP contribution >= 0.6 is 11.8 Å². The van der Waals surface area contributed by atoms with Gasteiger partial charge in [0, 0.05) is 24.4 Å². The molecule has 15 heavy (non-hydrogen) atoms. The third-order valence-electron chi connectivity index (χ3n) is 4.16. The van der Waals surface area contributed by atoms with E-state index in [1.807, 2.05) is 11.8 Å². The van der Waals surface area contributed by atoms with Crippen molar-refractivity contribution in [3.8, 4) is 0 Å². The van der Waals surface area contributed by atoms with Gasteiger partial charge in [-0.3, -0.25) is 4.90 Å². The summed E-state index contributed by atoms with van der Waals surface area (Å²) in [7, 11) is 2.26. The molecule has 0 saturated heterocycles. The van der Waals surface area contributed by atoms with E-state index in [1.54, 1.807) is 0 Å². The van der Waals surface area contributed by atoms with Crippen molar-refractivity contribution in [1.82, 2.24) is 4.90 Å². The molecule has 2 N–H and O–H groups in total. The van der Waals surface area contributed by atoms with Crippen LogP contribution < -0.4 is 5.73 Å². The molecule has 0 bridgehead atoms. The van der Waals surface area contributed by atoms with Crippen molar-refractivity contribution in [1.29, 1.82) is 0 Å². The van der Waals surface area contributed by atoms with Crippen LogP contribution in [-0.2, 0) is 0 Å². The Labute approximate surface area is 99.0 Å². The standard InChI is InChI=1S/C12H26N2S/c1-4-11-6-5-7-12(11,10-13)14(2)8-9-15-3/h11H,4-10,13H2,1-3H3. The van der Waals surface area contributed by atoms with Crippen molar-refractivity contribution in [2.75, 3.05) is 32.1 Å². The molecule has 0 aliphatic heterocycles. The van der Waals surface area contributed by atoms with Gasteiger partial charge in [0.2, 0.25) is 0 Å². The highest BCUT2D eigenvalue weighted by atomic mass is 32.2. The smallest absolute Gasteiger partial charge is 0.0357 e. The van der Waals surface area contributed by atoms with Crippen LogP contribution in [0.15, 0.2) is 0 Å². The average molecular weight is 230 g/mol. The number of hydrogen-bond acceptors (Lipinski definition) is 3. The average Bonchev–Trinajstić information content (AvgIpc) is 2.69. The second-order valence-corrected chi connectivity index (χ2v) is 5.71. The van der Waals surface area contributed by atoms with E-state index in [2.05, 4.69) is 25.1 Å². The van der Waals surface area contributed by atoms with Gasteiger partial charge >= 0.3 is 0 Å². The largest absolute Gasteiger partial charge is 0.329 e. The van der Waals surface area contributed by atoms with Gasteiger partial charge in [-0.1, -0.05) is 19.8 Å². The predicted molar refractivity (Wildman–Crippen MR) is 70.4 cm³/mol. The van der Waals surface area contributed by atoms with Gasteiger partial charge in [0.05, 0.1) is 0 Å². The summed E-state index contributed by atoms with van der Waals surface area (Å²) in [5, 5.41) is 0. The molecule has 2 unspecified atom stereocenters. The van der Waals surface area contributed by atoms with Crippen LogP contribution in [0.2, 0.25) is 0 Å².